The number of ether oxygens (including phenoxy) is 2. The number of hydrogen-bond acceptors (Lipinski definition) is 8. The standard InChI is InChI=1S/C23H38N4O7S/c1-16(2)13-14-27(35(31,32)19-11-9-18(24)10-12-19)20(22(29)33-4)8-6-7-17(3)26-21(28)15-25-23(30)34-5/h9-12,16-17,20H,6-8,13-15,24H2,1-5H3,(H,25,30)(H,26,28). The van der Waals surface area contributed by atoms with E-state index in [1.165, 1.54) is 42.8 Å². The molecule has 198 valence electrons. The molecule has 0 heterocycles. The maximum Gasteiger partial charge on any atom is 0.407 e. The number of hydrogen-bond donors (Lipinski definition) is 3. The number of nitrogen functional groups attached to an aromatic ring is 1. The molecule has 1 aromatic carbocycles. The van der Waals surface area contributed by atoms with Crippen molar-refractivity contribution in [2.75, 3.05) is 33.0 Å². The number of nitrogens with zero attached hydrogens (tertiary/aromatic N) is 1. The highest BCUT2D eigenvalue weighted by Gasteiger charge is 2.36. The van der Waals surface area contributed by atoms with E-state index < -0.39 is 34.0 Å². The Labute approximate surface area is 207 Å². The quantitative estimate of drug-likeness (QED) is 0.251. The maximum atomic E-state index is 13.5. The van der Waals surface area contributed by atoms with Crippen LogP contribution in [-0.4, -0.2) is 70.1 Å². The van der Waals surface area contributed by atoms with Gasteiger partial charge >= 0.3 is 12.1 Å². The molecule has 0 saturated carbocycles. The lowest BCUT2D eigenvalue weighted by molar-refractivity contribution is -0.145. The molecule has 0 radical (unpaired) electrons. The number of amides is 2. The van der Waals surface area contributed by atoms with E-state index in [2.05, 4.69) is 15.4 Å². The van der Waals surface area contributed by atoms with E-state index >= 15 is 0 Å². The van der Waals surface area contributed by atoms with Crippen molar-refractivity contribution in [1.82, 2.24) is 14.9 Å². The molecule has 0 aliphatic heterocycles. The van der Waals surface area contributed by atoms with Gasteiger partial charge in [-0.2, -0.15) is 4.31 Å². The fourth-order valence-corrected chi connectivity index (χ4v) is 4.98. The summed E-state index contributed by atoms with van der Waals surface area (Å²) in [7, 11) is -1.58. The number of benzene rings is 1. The van der Waals surface area contributed by atoms with Crippen LogP contribution >= 0.6 is 0 Å². The average Bonchev–Trinajstić information content (AvgIpc) is 2.80. The van der Waals surface area contributed by atoms with Gasteiger partial charge in [-0.3, -0.25) is 9.59 Å². The van der Waals surface area contributed by atoms with Crippen molar-refractivity contribution in [1.29, 1.82) is 0 Å². The number of nitrogens with two attached hydrogens (primary N) is 1. The SMILES string of the molecule is COC(=O)NCC(=O)NC(C)CCCC(C(=O)OC)N(CCC(C)C)S(=O)(=O)c1ccc(N)cc1. The first-order valence-electron chi connectivity index (χ1n) is 11.5. The molecule has 0 aliphatic rings. The highest BCUT2D eigenvalue weighted by atomic mass is 32.2. The van der Waals surface area contributed by atoms with Gasteiger partial charge in [0.25, 0.3) is 0 Å². The van der Waals surface area contributed by atoms with Crippen molar-refractivity contribution in [3.8, 4) is 0 Å². The molecule has 0 saturated heterocycles. The van der Waals surface area contributed by atoms with E-state index in [9.17, 15) is 22.8 Å². The second kappa shape index (κ2) is 14.5. The zero-order valence-electron chi connectivity index (χ0n) is 21.1. The van der Waals surface area contributed by atoms with E-state index in [1.807, 2.05) is 13.8 Å². The van der Waals surface area contributed by atoms with Crippen molar-refractivity contribution in [3.63, 3.8) is 0 Å². The molecule has 0 aliphatic carbocycles. The molecule has 0 fully saturated rings. The lowest BCUT2D eigenvalue weighted by Gasteiger charge is -2.30. The summed E-state index contributed by atoms with van der Waals surface area (Å²) in [5, 5.41) is 5.03. The summed E-state index contributed by atoms with van der Waals surface area (Å²) < 4.78 is 37.5. The van der Waals surface area contributed by atoms with Gasteiger partial charge in [0.15, 0.2) is 0 Å². The van der Waals surface area contributed by atoms with E-state index in [1.54, 1.807) is 6.92 Å². The van der Waals surface area contributed by atoms with E-state index in [0.29, 0.717) is 24.9 Å². The minimum absolute atomic E-state index is 0.0445. The van der Waals surface area contributed by atoms with Crippen LogP contribution in [0.15, 0.2) is 29.2 Å². The van der Waals surface area contributed by atoms with Gasteiger partial charge in [0, 0.05) is 18.3 Å². The van der Waals surface area contributed by atoms with Gasteiger partial charge in [0.1, 0.15) is 12.6 Å². The number of carbonyl (C=O) groups excluding carboxylic acids is 3. The third-order valence-electron chi connectivity index (χ3n) is 5.34. The molecule has 35 heavy (non-hydrogen) atoms. The van der Waals surface area contributed by atoms with Crippen LogP contribution in [0.25, 0.3) is 0 Å². The topological polar surface area (TPSA) is 157 Å². The summed E-state index contributed by atoms with van der Waals surface area (Å²) >= 11 is 0. The molecule has 12 heteroatoms. The van der Waals surface area contributed by atoms with Crippen LogP contribution in [0.5, 0.6) is 0 Å². The second-order valence-electron chi connectivity index (χ2n) is 8.65. The Morgan fingerprint density at radius 1 is 1.00 bits per heavy atom. The minimum atomic E-state index is -4.00. The van der Waals surface area contributed by atoms with Crippen LogP contribution in [0.2, 0.25) is 0 Å². The Balaban J connectivity index is 2.96. The zero-order valence-corrected chi connectivity index (χ0v) is 21.9. The molecular formula is C23H38N4O7S. The van der Waals surface area contributed by atoms with Crippen LogP contribution in [0.4, 0.5) is 10.5 Å². The summed E-state index contributed by atoms with van der Waals surface area (Å²) in [4.78, 5) is 35.8. The van der Waals surface area contributed by atoms with Crippen molar-refractivity contribution in [2.45, 2.75) is 63.4 Å². The Hall–Kier alpha value is -2.86. The summed E-state index contributed by atoms with van der Waals surface area (Å²) in [5.41, 5.74) is 6.13. The Bertz CT molecular complexity index is 936. The number of sulfonamides is 1. The smallest absolute Gasteiger partial charge is 0.407 e. The summed E-state index contributed by atoms with van der Waals surface area (Å²) in [6.07, 6.45) is 0.983. The van der Waals surface area contributed by atoms with Gasteiger partial charge in [0.2, 0.25) is 15.9 Å². The molecule has 1 rings (SSSR count). The highest BCUT2D eigenvalue weighted by molar-refractivity contribution is 7.89. The molecule has 0 bridgehead atoms. The van der Waals surface area contributed by atoms with Gasteiger partial charge in [-0.1, -0.05) is 13.8 Å². The van der Waals surface area contributed by atoms with Gasteiger partial charge in [-0.15, -0.1) is 0 Å². The largest absolute Gasteiger partial charge is 0.468 e. The fourth-order valence-electron chi connectivity index (χ4n) is 3.36. The molecule has 0 spiro atoms. The fraction of sp³-hybridized carbons (Fsp3) is 0.609. The molecule has 2 unspecified atom stereocenters. The number of methoxy groups -OCH3 is 2. The van der Waals surface area contributed by atoms with Gasteiger partial charge in [0.05, 0.1) is 19.1 Å². The summed E-state index contributed by atoms with van der Waals surface area (Å²) in [5.74, 6) is -0.824. The average molecular weight is 515 g/mol. The molecule has 2 atom stereocenters. The molecular weight excluding hydrogens is 476 g/mol. The van der Waals surface area contributed by atoms with Crippen LogP contribution in [-0.2, 0) is 29.1 Å². The van der Waals surface area contributed by atoms with Crippen molar-refractivity contribution < 1.29 is 32.3 Å². The number of nitrogens with one attached hydrogen (secondary N) is 2. The first-order chi connectivity index (χ1) is 16.4. The lowest BCUT2D eigenvalue weighted by atomic mass is 10.1. The van der Waals surface area contributed by atoms with Crippen molar-refractivity contribution in [3.05, 3.63) is 24.3 Å². The van der Waals surface area contributed by atoms with Gasteiger partial charge in [-0.25, -0.2) is 13.2 Å². The Morgan fingerprint density at radius 2 is 1.63 bits per heavy atom. The first kappa shape index (κ1) is 30.2. The van der Waals surface area contributed by atoms with E-state index in [4.69, 9.17) is 10.5 Å². The molecule has 1 aromatic rings. The lowest BCUT2D eigenvalue weighted by Crippen LogP contribution is -2.46. The van der Waals surface area contributed by atoms with Gasteiger partial charge in [-0.05, 0) is 62.8 Å². The monoisotopic (exact) mass is 514 g/mol. The Morgan fingerprint density at radius 3 is 2.17 bits per heavy atom. The normalized spacial score (nSPS) is 13.2. The predicted octanol–water partition coefficient (Wildman–Crippen LogP) is 1.88. The van der Waals surface area contributed by atoms with Gasteiger partial charge < -0.3 is 25.8 Å². The number of anilines is 1. The number of alkyl carbamates (subject to hydrolysis) is 1. The molecule has 0 aromatic heterocycles. The first-order valence-corrected chi connectivity index (χ1v) is 12.9. The van der Waals surface area contributed by atoms with E-state index in [-0.39, 0.29) is 36.4 Å². The predicted molar refractivity (Wildman–Crippen MR) is 132 cm³/mol. The van der Waals surface area contributed by atoms with Crippen LogP contribution in [0, 0.1) is 5.92 Å². The molecule has 4 N–H and O–H groups in total. The maximum absolute atomic E-state index is 13.5. The molecule has 11 nitrogen and oxygen atoms in total. The van der Waals surface area contributed by atoms with Crippen molar-refractivity contribution in [2.24, 2.45) is 5.92 Å². The zero-order chi connectivity index (χ0) is 26.6. The third kappa shape index (κ3) is 10.1. The van der Waals surface area contributed by atoms with Crippen molar-refractivity contribution >= 4 is 33.7 Å². The molecule has 2 amide bonds. The number of esters is 1. The third-order valence-corrected chi connectivity index (χ3v) is 7.26. The summed E-state index contributed by atoms with van der Waals surface area (Å²) in [6, 6.07) is 4.55. The Kier molecular flexibility index (Phi) is 12.5. The number of rotatable bonds is 14. The van der Waals surface area contributed by atoms with Crippen LogP contribution in [0.1, 0.15) is 46.5 Å². The van der Waals surface area contributed by atoms with Crippen LogP contribution < -0.4 is 16.4 Å². The highest BCUT2D eigenvalue weighted by Crippen LogP contribution is 2.24. The second-order valence-corrected chi connectivity index (χ2v) is 10.5. The van der Waals surface area contributed by atoms with Crippen LogP contribution in [0.3, 0.4) is 0 Å². The minimum Gasteiger partial charge on any atom is -0.468 e. The summed E-state index contributed by atoms with van der Waals surface area (Å²) in [6.45, 7) is 5.65. The number of carbonyl (C=O) groups is 3. The van der Waals surface area contributed by atoms with E-state index in [0.717, 1.165) is 0 Å².